The number of aryl methyl sites for hydroxylation is 1. The van der Waals surface area contributed by atoms with Crippen molar-refractivity contribution in [2.75, 3.05) is 18.0 Å². The summed E-state index contributed by atoms with van der Waals surface area (Å²) in [6.45, 7) is 7.95. The lowest BCUT2D eigenvalue weighted by Crippen LogP contribution is -2.21. The van der Waals surface area contributed by atoms with E-state index in [-0.39, 0.29) is 11.3 Å². The summed E-state index contributed by atoms with van der Waals surface area (Å²) in [6, 6.07) is 35.5. The lowest BCUT2D eigenvalue weighted by Gasteiger charge is -2.21. The summed E-state index contributed by atoms with van der Waals surface area (Å²) in [5.74, 6) is 1.41. The minimum absolute atomic E-state index is 0.355. The molecule has 8 aromatic rings. The Morgan fingerprint density at radius 1 is 0.604 bits per heavy atom. The monoisotopic (exact) mass is 649 g/mol. The molecule has 0 aliphatic rings. The second-order valence-corrected chi connectivity index (χ2v) is 12.9. The highest BCUT2D eigenvalue weighted by Gasteiger charge is 2.17. The van der Waals surface area contributed by atoms with Gasteiger partial charge in [0.15, 0.2) is 0 Å². The summed E-state index contributed by atoms with van der Waals surface area (Å²) in [6.07, 6.45) is 0. The molecule has 4 aromatic heterocycles. The number of anilines is 1. The third-order valence-electron chi connectivity index (χ3n) is 9.06. The van der Waals surface area contributed by atoms with Crippen molar-refractivity contribution >= 4 is 49.7 Å². The fraction of sp³-hybridized carbons (Fsp3) is 0.122. The molecule has 0 fully saturated rings. The Kier molecular flexibility index (Phi) is 7.34. The van der Waals surface area contributed by atoms with E-state index in [1.165, 1.54) is 11.3 Å². The van der Waals surface area contributed by atoms with Crippen molar-refractivity contribution in [1.29, 1.82) is 0 Å². The van der Waals surface area contributed by atoms with Crippen LogP contribution in [0.25, 0.3) is 76.2 Å². The zero-order valence-electron chi connectivity index (χ0n) is 26.7. The van der Waals surface area contributed by atoms with Crippen LogP contribution >= 0.6 is 11.3 Å². The molecule has 0 saturated carbocycles. The fourth-order valence-electron chi connectivity index (χ4n) is 6.48. The van der Waals surface area contributed by atoms with Crippen LogP contribution in [0, 0.1) is 6.92 Å². The van der Waals surface area contributed by atoms with Gasteiger partial charge in [-0.2, -0.15) is 0 Å². The molecule has 0 radical (unpaired) electrons. The third kappa shape index (κ3) is 5.13. The summed E-state index contributed by atoms with van der Waals surface area (Å²) < 4.78 is 17.8. The van der Waals surface area contributed by atoms with Gasteiger partial charge in [-0.1, -0.05) is 48.5 Å². The summed E-state index contributed by atoms with van der Waals surface area (Å²) in [7, 11) is 0. The molecule has 8 rings (SSSR count). The number of hydrogen-bond acceptors (Lipinski definition) is 7. The molecule has 236 valence electrons. The number of furan rings is 1. The molecule has 0 unspecified atom stereocenters. The minimum atomic E-state index is -0.369. The van der Waals surface area contributed by atoms with Gasteiger partial charge in [-0.15, -0.1) is 11.3 Å². The van der Waals surface area contributed by atoms with Crippen molar-refractivity contribution in [2.24, 2.45) is 0 Å². The highest BCUT2D eigenvalue weighted by atomic mass is 32.1. The van der Waals surface area contributed by atoms with Crippen LogP contribution in [-0.4, -0.2) is 13.1 Å². The van der Waals surface area contributed by atoms with E-state index < -0.39 is 0 Å². The SMILES string of the molecule is CCN(CC)c1ccc2c(C)c(-c3ccc(-c4ccc(-c5ccc(-c6cc7cc8ccccc8cc7oc6=O)s5)o4)cc3)c(=O)oc2c1. The molecule has 0 aliphatic carbocycles. The van der Waals surface area contributed by atoms with Crippen LogP contribution in [0.1, 0.15) is 19.4 Å². The second-order valence-electron chi connectivity index (χ2n) is 11.8. The number of fused-ring (bicyclic) bond motifs is 3. The van der Waals surface area contributed by atoms with Crippen molar-refractivity contribution in [3.63, 3.8) is 0 Å². The van der Waals surface area contributed by atoms with E-state index in [4.69, 9.17) is 13.3 Å². The maximum Gasteiger partial charge on any atom is 0.345 e. The molecule has 0 amide bonds. The number of nitrogens with zero attached hydrogens (tertiary/aromatic N) is 1. The first-order chi connectivity index (χ1) is 23.4. The van der Waals surface area contributed by atoms with Gasteiger partial charge in [0.2, 0.25) is 0 Å². The summed E-state index contributed by atoms with van der Waals surface area (Å²) in [4.78, 5) is 30.1. The summed E-state index contributed by atoms with van der Waals surface area (Å²) in [5.41, 5.74) is 5.13. The molecule has 0 N–H and O–H groups in total. The Morgan fingerprint density at radius 2 is 1.29 bits per heavy atom. The van der Waals surface area contributed by atoms with Gasteiger partial charge in [-0.3, -0.25) is 0 Å². The van der Waals surface area contributed by atoms with Crippen molar-refractivity contribution in [3.8, 4) is 43.5 Å². The molecule has 48 heavy (non-hydrogen) atoms. The normalized spacial score (nSPS) is 11.6. The molecule has 0 bridgehead atoms. The van der Waals surface area contributed by atoms with Crippen molar-refractivity contribution in [1.82, 2.24) is 0 Å². The highest BCUT2D eigenvalue weighted by molar-refractivity contribution is 7.18. The average molecular weight is 650 g/mol. The van der Waals surface area contributed by atoms with Gasteiger partial charge >= 0.3 is 11.3 Å². The zero-order valence-corrected chi connectivity index (χ0v) is 27.5. The van der Waals surface area contributed by atoms with Crippen LogP contribution in [0.15, 0.2) is 132 Å². The largest absolute Gasteiger partial charge is 0.455 e. The van der Waals surface area contributed by atoms with Gasteiger partial charge in [0.1, 0.15) is 22.7 Å². The number of rotatable bonds is 7. The quantitative estimate of drug-likeness (QED) is 0.126. The topological polar surface area (TPSA) is 76.8 Å². The zero-order chi connectivity index (χ0) is 32.9. The van der Waals surface area contributed by atoms with Crippen molar-refractivity contribution in [3.05, 3.63) is 136 Å². The first-order valence-corrected chi connectivity index (χ1v) is 16.8. The Hall–Kier alpha value is -5.66. The van der Waals surface area contributed by atoms with Crippen LogP contribution in [0.2, 0.25) is 0 Å². The lowest BCUT2D eigenvalue weighted by atomic mass is 9.98. The molecule has 4 aromatic carbocycles. The molecule has 4 heterocycles. The minimum Gasteiger partial charge on any atom is -0.455 e. The molecule has 0 saturated heterocycles. The first-order valence-electron chi connectivity index (χ1n) is 16.0. The van der Waals surface area contributed by atoms with E-state index in [0.717, 1.165) is 66.8 Å². The van der Waals surface area contributed by atoms with E-state index in [1.54, 1.807) is 0 Å². The highest BCUT2D eigenvalue weighted by Crippen LogP contribution is 2.38. The smallest absolute Gasteiger partial charge is 0.345 e. The maximum absolute atomic E-state index is 13.2. The molecule has 0 spiro atoms. The van der Waals surface area contributed by atoms with Crippen LogP contribution < -0.4 is 16.2 Å². The molecular weight excluding hydrogens is 619 g/mol. The standard InChI is InChI=1S/C41H31NO5S/c1-4-42(5-2)30-14-15-31-24(3)39(41(44)47-36(31)23-30)26-12-10-25(11-13-26)33-16-17-34(45-33)38-19-18-37(48-38)32-21-29-20-27-8-6-7-9-28(27)22-35(29)46-40(32)43/h6-23H,4-5H2,1-3H3. The third-order valence-corrected chi connectivity index (χ3v) is 10.2. The van der Waals surface area contributed by atoms with E-state index in [9.17, 15) is 9.59 Å². The Morgan fingerprint density at radius 3 is 2.06 bits per heavy atom. The summed E-state index contributed by atoms with van der Waals surface area (Å²) in [5, 5.41) is 3.92. The van der Waals surface area contributed by atoms with Crippen LogP contribution in [-0.2, 0) is 0 Å². The van der Waals surface area contributed by atoms with E-state index in [1.807, 2.05) is 104 Å². The van der Waals surface area contributed by atoms with Gasteiger partial charge in [0.25, 0.3) is 0 Å². The molecule has 0 atom stereocenters. The first kappa shape index (κ1) is 29.7. The van der Waals surface area contributed by atoms with Gasteiger partial charge in [-0.05, 0) is 97.3 Å². The Bertz CT molecular complexity index is 2600. The molecular formula is C41H31NO5S. The van der Waals surface area contributed by atoms with Gasteiger partial charge in [0.05, 0.1) is 16.0 Å². The predicted octanol–water partition coefficient (Wildman–Crippen LogP) is 10.5. The predicted molar refractivity (Wildman–Crippen MR) is 196 cm³/mol. The van der Waals surface area contributed by atoms with E-state index in [2.05, 4.69) is 30.9 Å². The van der Waals surface area contributed by atoms with Crippen molar-refractivity contribution in [2.45, 2.75) is 20.8 Å². The number of hydrogen-bond donors (Lipinski definition) is 0. The van der Waals surface area contributed by atoms with Gasteiger partial charge in [0, 0.05) is 46.1 Å². The lowest BCUT2D eigenvalue weighted by molar-refractivity contribution is 0.562. The number of thiophene rings is 1. The van der Waals surface area contributed by atoms with Crippen LogP contribution in [0.4, 0.5) is 5.69 Å². The average Bonchev–Trinajstić information content (AvgIpc) is 3.79. The number of benzene rings is 4. The Balaban J connectivity index is 1.06. The molecule has 0 aliphatic heterocycles. The van der Waals surface area contributed by atoms with Gasteiger partial charge < -0.3 is 18.2 Å². The Labute approximate surface area is 280 Å². The molecule has 7 heteroatoms. The van der Waals surface area contributed by atoms with Crippen molar-refractivity contribution < 1.29 is 13.3 Å². The second kappa shape index (κ2) is 11.9. The van der Waals surface area contributed by atoms with E-state index in [0.29, 0.717) is 33.8 Å². The van der Waals surface area contributed by atoms with Crippen LogP contribution in [0.5, 0.6) is 0 Å². The maximum atomic E-state index is 13.2. The van der Waals surface area contributed by atoms with Gasteiger partial charge in [-0.25, -0.2) is 9.59 Å². The fourth-order valence-corrected chi connectivity index (χ4v) is 7.46. The molecule has 6 nitrogen and oxygen atoms in total. The van der Waals surface area contributed by atoms with E-state index >= 15 is 0 Å². The summed E-state index contributed by atoms with van der Waals surface area (Å²) >= 11 is 1.48. The van der Waals surface area contributed by atoms with Crippen LogP contribution in [0.3, 0.4) is 0 Å².